The predicted octanol–water partition coefficient (Wildman–Crippen LogP) is 2.84. The van der Waals surface area contributed by atoms with Crippen molar-refractivity contribution in [2.75, 3.05) is 5.73 Å². The number of aryl methyl sites for hydroxylation is 1. The highest BCUT2D eigenvalue weighted by molar-refractivity contribution is 5.90. The van der Waals surface area contributed by atoms with E-state index in [9.17, 15) is 0 Å². The summed E-state index contributed by atoms with van der Waals surface area (Å²) < 4.78 is 5.15. The van der Waals surface area contributed by atoms with Crippen molar-refractivity contribution in [2.24, 2.45) is 0 Å². The second-order valence-electron chi connectivity index (χ2n) is 3.93. The van der Waals surface area contributed by atoms with Crippen LogP contribution in [0.15, 0.2) is 16.7 Å². The second-order valence-corrected chi connectivity index (χ2v) is 3.93. The van der Waals surface area contributed by atoms with Crippen molar-refractivity contribution < 1.29 is 4.52 Å². The highest BCUT2D eigenvalue weighted by Gasteiger charge is 2.10. The number of aromatic nitrogens is 1. The molecule has 0 aliphatic heterocycles. The van der Waals surface area contributed by atoms with Crippen molar-refractivity contribution in [2.45, 2.75) is 26.7 Å². The Morgan fingerprint density at radius 1 is 1.36 bits per heavy atom. The Morgan fingerprint density at radius 3 is 2.71 bits per heavy atom. The Labute approximate surface area is 82.9 Å². The maximum atomic E-state index is 5.70. The monoisotopic (exact) mass is 190 g/mol. The van der Waals surface area contributed by atoms with E-state index in [1.165, 1.54) is 5.56 Å². The molecular weight excluding hydrogens is 176 g/mol. The van der Waals surface area contributed by atoms with Crippen LogP contribution in [0, 0.1) is 6.92 Å². The topological polar surface area (TPSA) is 52.0 Å². The van der Waals surface area contributed by atoms with E-state index in [1.807, 2.05) is 13.0 Å². The highest BCUT2D eigenvalue weighted by atomic mass is 16.5. The van der Waals surface area contributed by atoms with Crippen LogP contribution in [0.3, 0.4) is 0 Å². The zero-order chi connectivity index (χ0) is 10.3. The molecule has 2 aromatic rings. The van der Waals surface area contributed by atoms with Gasteiger partial charge in [0.15, 0.2) is 11.4 Å². The predicted molar refractivity (Wildman–Crippen MR) is 57.2 cm³/mol. The van der Waals surface area contributed by atoms with Gasteiger partial charge in [-0.3, -0.25) is 0 Å². The van der Waals surface area contributed by atoms with Gasteiger partial charge >= 0.3 is 0 Å². The molecule has 0 saturated carbocycles. The van der Waals surface area contributed by atoms with Crippen LogP contribution in [0.1, 0.15) is 30.9 Å². The number of hydrogen-bond donors (Lipinski definition) is 1. The summed E-state index contributed by atoms with van der Waals surface area (Å²) in [5, 5.41) is 4.70. The SMILES string of the molecule is Cc1cc(C(C)C)cc2onc(N)c12. The maximum absolute atomic E-state index is 5.70. The van der Waals surface area contributed by atoms with Gasteiger partial charge in [-0.15, -0.1) is 0 Å². The van der Waals surface area contributed by atoms with Crippen LogP contribution >= 0.6 is 0 Å². The van der Waals surface area contributed by atoms with Gasteiger partial charge in [-0.25, -0.2) is 0 Å². The Bertz CT molecular complexity index is 471. The van der Waals surface area contributed by atoms with E-state index >= 15 is 0 Å². The number of fused-ring (bicyclic) bond motifs is 1. The first-order chi connectivity index (χ1) is 6.59. The van der Waals surface area contributed by atoms with Gasteiger partial charge in [0.25, 0.3) is 0 Å². The van der Waals surface area contributed by atoms with Gasteiger partial charge in [-0.1, -0.05) is 25.1 Å². The molecule has 14 heavy (non-hydrogen) atoms. The molecule has 0 amide bonds. The summed E-state index contributed by atoms with van der Waals surface area (Å²) in [5.41, 5.74) is 8.87. The molecule has 0 aliphatic carbocycles. The second kappa shape index (κ2) is 3.01. The highest BCUT2D eigenvalue weighted by Crippen LogP contribution is 2.28. The number of benzene rings is 1. The average molecular weight is 190 g/mol. The number of nitrogen functional groups attached to an aromatic ring is 1. The standard InChI is InChI=1S/C11H14N2O/c1-6(2)8-4-7(3)10-9(5-8)14-13-11(10)12/h4-6H,1-3H3,(H2,12,13). The molecule has 0 fully saturated rings. The molecule has 0 radical (unpaired) electrons. The molecule has 2 rings (SSSR count). The Hall–Kier alpha value is -1.51. The lowest BCUT2D eigenvalue weighted by Crippen LogP contribution is -1.90. The number of nitrogens with two attached hydrogens (primary N) is 1. The number of hydrogen-bond acceptors (Lipinski definition) is 3. The van der Waals surface area contributed by atoms with Crippen molar-refractivity contribution in [1.29, 1.82) is 0 Å². The van der Waals surface area contributed by atoms with E-state index < -0.39 is 0 Å². The number of nitrogens with zero attached hydrogens (tertiary/aromatic N) is 1. The smallest absolute Gasteiger partial charge is 0.175 e. The van der Waals surface area contributed by atoms with Crippen LogP contribution in [0.2, 0.25) is 0 Å². The molecule has 1 aromatic heterocycles. The summed E-state index contributed by atoms with van der Waals surface area (Å²) in [5.74, 6) is 0.970. The minimum Gasteiger partial charge on any atom is -0.380 e. The summed E-state index contributed by atoms with van der Waals surface area (Å²) in [4.78, 5) is 0. The van der Waals surface area contributed by atoms with Crippen molar-refractivity contribution >= 4 is 16.8 Å². The Morgan fingerprint density at radius 2 is 2.07 bits per heavy atom. The molecule has 0 aliphatic rings. The van der Waals surface area contributed by atoms with Gasteiger partial charge < -0.3 is 10.3 Å². The molecule has 74 valence electrons. The van der Waals surface area contributed by atoms with Gasteiger partial charge in [0, 0.05) is 0 Å². The summed E-state index contributed by atoms with van der Waals surface area (Å²) in [6.45, 7) is 6.34. The molecule has 0 saturated heterocycles. The van der Waals surface area contributed by atoms with E-state index in [4.69, 9.17) is 10.3 Å². The van der Waals surface area contributed by atoms with Crippen LogP contribution in [-0.2, 0) is 0 Å². The van der Waals surface area contributed by atoms with Gasteiger partial charge in [-0.2, -0.15) is 0 Å². The zero-order valence-corrected chi connectivity index (χ0v) is 8.66. The fraction of sp³-hybridized carbons (Fsp3) is 0.364. The first kappa shape index (κ1) is 9.06. The largest absolute Gasteiger partial charge is 0.380 e. The number of anilines is 1. The molecule has 2 N–H and O–H groups in total. The molecule has 3 nitrogen and oxygen atoms in total. The van der Waals surface area contributed by atoms with Crippen molar-refractivity contribution in [3.8, 4) is 0 Å². The molecule has 0 unspecified atom stereocenters. The molecule has 3 heteroatoms. The first-order valence-electron chi connectivity index (χ1n) is 4.75. The van der Waals surface area contributed by atoms with Crippen LogP contribution < -0.4 is 5.73 Å². The molecule has 0 bridgehead atoms. The molecular formula is C11H14N2O. The van der Waals surface area contributed by atoms with E-state index in [-0.39, 0.29) is 0 Å². The molecule has 1 aromatic carbocycles. The maximum Gasteiger partial charge on any atom is 0.175 e. The fourth-order valence-electron chi connectivity index (χ4n) is 1.66. The molecule has 0 atom stereocenters. The van der Waals surface area contributed by atoms with Gasteiger partial charge in [-0.05, 0) is 30.0 Å². The minimum absolute atomic E-state index is 0.479. The summed E-state index contributed by atoms with van der Waals surface area (Å²) in [6.07, 6.45) is 0. The summed E-state index contributed by atoms with van der Waals surface area (Å²) >= 11 is 0. The third kappa shape index (κ3) is 1.25. The van der Waals surface area contributed by atoms with E-state index in [0.717, 1.165) is 16.5 Å². The summed E-state index contributed by atoms with van der Waals surface area (Å²) in [6, 6.07) is 4.15. The van der Waals surface area contributed by atoms with Gasteiger partial charge in [0.2, 0.25) is 0 Å². The van der Waals surface area contributed by atoms with Crippen LogP contribution in [0.25, 0.3) is 11.0 Å². The zero-order valence-electron chi connectivity index (χ0n) is 8.66. The van der Waals surface area contributed by atoms with Crippen LogP contribution in [0.5, 0.6) is 0 Å². The summed E-state index contributed by atoms with van der Waals surface area (Å²) in [7, 11) is 0. The fourth-order valence-corrected chi connectivity index (χ4v) is 1.66. The average Bonchev–Trinajstić information content (AvgIpc) is 2.48. The Balaban J connectivity index is 2.74. The third-order valence-corrected chi connectivity index (χ3v) is 2.49. The van der Waals surface area contributed by atoms with Crippen LogP contribution in [0.4, 0.5) is 5.82 Å². The lowest BCUT2D eigenvalue weighted by molar-refractivity contribution is 0.460. The lowest BCUT2D eigenvalue weighted by atomic mass is 9.99. The van der Waals surface area contributed by atoms with Gasteiger partial charge in [0.05, 0.1) is 5.39 Å². The quantitative estimate of drug-likeness (QED) is 0.752. The number of rotatable bonds is 1. The normalized spacial score (nSPS) is 11.4. The van der Waals surface area contributed by atoms with E-state index in [1.54, 1.807) is 0 Å². The lowest BCUT2D eigenvalue weighted by Gasteiger charge is -2.06. The molecule has 1 heterocycles. The Kier molecular flexibility index (Phi) is 1.95. The van der Waals surface area contributed by atoms with Crippen molar-refractivity contribution in [1.82, 2.24) is 5.16 Å². The minimum atomic E-state index is 0.479. The van der Waals surface area contributed by atoms with Gasteiger partial charge in [0.1, 0.15) is 0 Å². The van der Waals surface area contributed by atoms with Crippen LogP contribution in [-0.4, -0.2) is 5.16 Å². The first-order valence-corrected chi connectivity index (χ1v) is 4.75. The van der Waals surface area contributed by atoms with E-state index in [2.05, 4.69) is 25.1 Å². The molecule has 0 spiro atoms. The van der Waals surface area contributed by atoms with Crippen molar-refractivity contribution in [3.05, 3.63) is 23.3 Å². The van der Waals surface area contributed by atoms with E-state index in [0.29, 0.717) is 11.7 Å². The van der Waals surface area contributed by atoms with Crippen molar-refractivity contribution in [3.63, 3.8) is 0 Å². The third-order valence-electron chi connectivity index (χ3n) is 2.49.